The van der Waals surface area contributed by atoms with Crippen LogP contribution in [0.2, 0.25) is 0 Å². The topological polar surface area (TPSA) is 0 Å². The molecule has 0 nitrogen and oxygen atoms in total. The summed E-state index contributed by atoms with van der Waals surface area (Å²) in [6.07, 6.45) is 2.50. The zero-order chi connectivity index (χ0) is 20.8. The number of benzene rings is 1. The van der Waals surface area contributed by atoms with E-state index in [2.05, 4.69) is 108 Å². The summed E-state index contributed by atoms with van der Waals surface area (Å²) in [4.78, 5) is 0. The number of hydrogen-bond acceptors (Lipinski definition) is 0. The molecule has 1 aromatic carbocycles. The molecule has 0 aliphatic carbocycles. The van der Waals surface area contributed by atoms with E-state index < -0.39 is 0 Å². The van der Waals surface area contributed by atoms with Crippen LogP contribution in [0.3, 0.4) is 0 Å². The Balaban J connectivity index is 3.67. The van der Waals surface area contributed by atoms with Crippen molar-refractivity contribution < 1.29 is 0 Å². The minimum Gasteiger partial charge on any atom is -0.0654 e. The van der Waals surface area contributed by atoms with Gasteiger partial charge in [-0.15, -0.1) is 0 Å². The summed E-state index contributed by atoms with van der Waals surface area (Å²) >= 11 is 0. The van der Waals surface area contributed by atoms with Gasteiger partial charge in [0.2, 0.25) is 0 Å². The van der Waals surface area contributed by atoms with E-state index in [1.807, 2.05) is 0 Å². The van der Waals surface area contributed by atoms with E-state index in [1.165, 1.54) is 29.5 Å². The molecule has 0 spiro atoms. The number of rotatable bonds is 5. The van der Waals surface area contributed by atoms with Crippen LogP contribution >= 0.6 is 0 Å². The van der Waals surface area contributed by atoms with Crippen molar-refractivity contribution >= 4 is 0 Å². The van der Waals surface area contributed by atoms with Crippen LogP contribution < -0.4 is 0 Å². The molecule has 0 aromatic heterocycles. The first-order valence-electron chi connectivity index (χ1n) is 10.5. The molecule has 0 amide bonds. The average molecular weight is 359 g/mol. The molecule has 1 rings (SSSR count). The maximum absolute atomic E-state index is 2.49. The zero-order valence-electron chi connectivity index (χ0n) is 20.1. The second-order valence-electron chi connectivity index (χ2n) is 12.2. The SMILES string of the molecule is CCCC(C)(C)C(C)(C)C(C)(C)c1cc(C(C)(C)C)cc(C(C)(C)C)c1. The maximum Gasteiger partial charge on any atom is -0.00471 e. The third-order valence-corrected chi connectivity index (χ3v) is 7.52. The molecule has 0 atom stereocenters. The Labute approximate surface area is 165 Å². The molecule has 0 aliphatic heterocycles. The van der Waals surface area contributed by atoms with E-state index in [-0.39, 0.29) is 27.1 Å². The molecule has 0 saturated heterocycles. The predicted molar refractivity (Wildman–Crippen MR) is 119 cm³/mol. The van der Waals surface area contributed by atoms with Gasteiger partial charge in [0.25, 0.3) is 0 Å². The normalized spacial score (nSPS) is 14.7. The molecule has 0 saturated carbocycles. The second-order valence-corrected chi connectivity index (χ2v) is 12.2. The monoisotopic (exact) mass is 358 g/mol. The summed E-state index contributed by atoms with van der Waals surface area (Å²) in [6.45, 7) is 31.1. The molecule has 0 bridgehead atoms. The fraction of sp³-hybridized carbons (Fsp3) is 0.769. The minimum atomic E-state index is 0.0902. The fourth-order valence-electron chi connectivity index (χ4n) is 4.00. The van der Waals surface area contributed by atoms with Crippen molar-refractivity contribution in [2.45, 2.75) is 119 Å². The first-order valence-corrected chi connectivity index (χ1v) is 10.5. The van der Waals surface area contributed by atoms with E-state index in [9.17, 15) is 0 Å². The Kier molecular flexibility index (Phi) is 6.25. The fourth-order valence-corrected chi connectivity index (χ4v) is 4.00. The van der Waals surface area contributed by atoms with Gasteiger partial charge in [0.1, 0.15) is 0 Å². The van der Waals surface area contributed by atoms with Crippen molar-refractivity contribution in [2.24, 2.45) is 10.8 Å². The predicted octanol–water partition coefficient (Wildman–Crippen LogP) is 8.41. The van der Waals surface area contributed by atoms with Crippen LogP contribution in [0.15, 0.2) is 18.2 Å². The van der Waals surface area contributed by atoms with Crippen molar-refractivity contribution in [3.8, 4) is 0 Å². The van der Waals surface area contributed by atoms with Gasteiger partial charge in [-0.25, -0.2) is 0 Å². The lowest BCUT2D eigenvalue weighted by Crippen LogP contribution is -2.47. The minimum absolute atomic E-state index is 0.0902. The van der Waals surface area contributed by atoms with Gasteiger partial charge < -0.3 is 0 Å². The van der Waals surface area contributed by atoms with Crippen LogP contribution in [0.25, 0.3) is 0 Å². The standard InChI is InChI=1S/C26H46/c1-14-15-24(8,9)26(12,13)25(10,11)21-17-19(22(2,3)4)16-20(18-21)23(5,6)7/h16-18H,14-15H2,1-13H3. The van der Waals surface area contributed by atoms with Gasteiger partial charge in [-0.05, 0) is 50.2 Å². The third kappa shape index (κ3) is 4.37. The van der Waals surface area contributed by atoms with Crippen molar-refractivity contribution in [3.05, 3.63) is 34.9 Å². The van der Waals surface area contributed by atoms with Crippen molar-refractivity contribution in [1.82, 2.24) is 0 Å². The highest BCUT2D eigenvalue weighted by molar-refractivity contribution is 5.41. The van der Waals surface area contributed by atoms with Crippen LogP contribution in [0, 0.1) is 10.8 Å². The van der Waals surface area contributed by atoms with Crippen molar-refractivity contribution in [3.63, 3.8) is 0 Å². The summed E-state index contributed by atoms with van der Waals surface area (Å²) in [5, 5.41) is 0. The lowest BCUT2D eigenvalue weighted by molar-refractivity contribution is 0.0222. The zero-order valence-corrected chi connectivity index (χ0v) is 20.1. The molecule has 0 heterocycles. The lowest BCUT2D eigenvalue weighted by Gasteiger charge is -2.53. The van der Waals surface area contributed by atoms with Gasteiger partial charge in [0.05, 0.1) is 0 Å². The number of hydrogen-bond donors (Lipinski definition) is 0. The van der Waals surface area contributed by atoms with Gasteiger partial charge in [-0.3, -0.25) is 0 Å². The molecule has 0 unspecified atom stereocenters. The highest BCUT2D eigenvalue weighted by atomic mass is 14.5. The average Bonchev–Trinajstić information content (AvgIpc) is 2.44. The van der Waals surface area contributed by atoms with Crippen LogP contribution in [0.5, 0.6) is 0 Å². The quantitative estimate of drug-likeness (QED) is 0.495. The van der Waals surface area contributed by atoms with Gasteiger partial charge in [-0.2, -0.15) is 0 Å². The maximum atomic E-state index is 2.49. The van der Waals surface area contributed by atoms with Crippen molar-refractivity contribution in [1.29, 1.82) is 0 Å². The van der Waals surface area contributed by atoms with E-state index in [4.69, 9.17) is 0 Å². The first-order chi connectivity index (χ1) is 11.4. The molecule has 0 fully saturated rings. The highest BCUT2D eigenvalue weighted by Crippen LogP contribution is 2.55. The van der Waals surface area contributed by atoms with Crippen LogP contribution in [-0.4, -0.2) is 0 Å². The van der Waals surface area contributed by atoms with Crippen LogP contribution in [0.1, 0.15) is 120 Å². The molecular formula is C26H46. The van der Waals surface area contributed by atoms with E-state index in [0.717, 1.165) is 0 Å². The van der Waals surface area contributed by atoms with E-state index >= 15 is 0 Å². The van der Waals surface area contributed by atoms with Gasteiger partial charge in [0.15, 0.2) is 0 Å². The molecular weight excluding hydrogens is 312 g/mol. The molecule has 0 heteroatoms. The van der Waals surface area contributed by atoms with Crippen LogP contribution in [0.4, 0.5) is 0 Å². The largest absolute Gasteiger partial charge is 0.0654 e. The van der Waals surface area contributed by atoms with Gasteiger partial charge >= 0.3 is 0 Å². The molecule has 150 valence electrons. The summed E-state index contributed by atoms with van der Waals surface area (Å²) < 4.78 is 0. The van der Waals surface area contributed by atoms with Crippen molar-refractivity contribution in [2.75, 3.05) is 0 Å². The summed E-state index contributed by atoms with van der Waals surface area (Å²) in [5.41, 5.74) is 5.28. The van der Waals surface area contributed by atoms with Crippen LogP contribution in [-0.2, 0) is 16.2 Å². The molecule has 1 aromatic rings. The van der Waals surface area contributed by atoms with E-state index in [1.54, 1.807) is 0 Å². The van der Waals surface area contributed by atoms with Gasteiger partial charge in [-0.1, -0.05) is 115 Å². The molecule has 26 heavy (non-hydrogen) atoms. The molecule has 0 N–H and O–H groups in total. The smallest absolute Gasteiger partial charge is 0.00471 e. The highest BCUT2D eigenvalue weighted by Gasteiger charge is 2.48. The molecule has 0 aliphatic rings. The first kappa shape index (κ1) is 23.3. The Morgan fingerprint density at radius 1 is 0.577 bits per heavy atom. The third-order valence-electron chi connectivity index (χ3n) is 7.52. The molecule has 0 radical (unpaired) electrons. The van der Waals surface area contributed by atoms with Gasteiger partial charge in [0, 0.05) is 0 Å². The van der Waals surface area contributed by atoms with E-state index in [0.29, 0.717) is 0 Å². The summed E-state index contributed by atoms with van der Waals surface area (Å²) in [5.74, 6) is 0. The Hall–Kier alpha value is -0.780. The Morgan fingerprint density at radius 3 is 1.23 bits per heavy atom. The Morgan fingerprint density at radius 2 is 0.923 bits per heavy atom. The summed E-state index contributed by atoms with van der Waals surface area (Å²) in [6, 6.07) is 7.40. The lowest BCUT2D eigenvalue weighted by atomic mass is 9.51. The Bertz CT molecular complexity index is 580. The summed E-state index contributed by atoms with van der Waals surface area (Å²) in [7, 11) is 0. The second kappa shape index (κ2) is 6.99.